The monoisotopic (exact) mass is 310 g/mol. The second kappa shape index (κ2) is 6.58. The van der Waals surface area contributed by atoms with Crippen LogP contribution in [-0.2, 0) is 0 Å². The molecule has 0 heterocycles. The highest BCUT2D eigenvalue weighted by molar-refractivity contribution is 9.10. The summed E-state index contributed by atoms with van der Waals surface area (Å²) in [6.45, 7) is 0. The van der Waals surface area contributed by atoms with Crippen molar-refractivity contribution in [2.45, 2.75) is 44.2 Å². The van der Waals surface area contributed by atoms with Crippen molar-refractivity contribution in [2.75, 3.05) is 19.4 Å². The molecule has 1 aromatic rings. The van der Waals surface area contributed by atoms with Gasteiger partial charge in [0.25, 0.3) is 0 Å². The number of hydrogen-bond donors (Lipinski definition) is 1. The summed E-state index contributed by atoms with van der Waals surface area (Å²) in [5, 5.41) is 3.72. The lowest BCUT2D eigenvalue weighted by molar-refractivity contribution is 0.251. The molecule has 0 aromatic heterocycles. The molecule has 18 heavy (non-hydrogen) atoms. The van der Waals surface area contributed by atoms with Gasteiger partial charge in [0.1, 0.15) is 0 Å². The number of nitrogens with one attached hydrogen (secondary N) is 1. The van der Waals surface area contributed by atoms with Gasteiger partial charge < -0.3 is 10.2 Å². The first-order valence-corrected chi connectivity index (χ1v) is 7.64. The molecule has 1 aromatic carbocycles. The Bertz CT molecular complexity index is 361. The largest absolute Gasteiger partial charge is 0.381 e. The molecule has 1 aliphatic carbocycles. The van der Waals surface area contributed by atoms with E-state index in [0.29, 0.717) is 12.1 Å². The highest BCUT2D eigenvalue weighted by Gasteiger charge is 2.24. The maximum Gasteiger partial charge on any atom is 0.0416 e. The second-order valence-electron chi connectivity index (χ2n) is 5.43. The smallest absolute Gasteiger partial charge is 0.0416 e. The molecule has 0 amide bonds. The van der Waals surface area contributed by atoms with E-state index in [2.05, 4.69) is 64.5 Å². The van der Waals surface area contributed by atoms with Crippen molar-refractivity contribution in [3.8, 4) is 0 Å². The minimum absolute atomic E-state index is 0.573. The molecule has 0 bridgehead atoms. The van der Waals surface area contributed by atoms with Gasteiger partial charge in [-0.05, 0) is 51.2 Å². The predicted octanol–water partition coefficient (Wildman–Crippen LogP) is 4.12. The summed E-state index contributed by atoms with van der Waals surface area (Å²) < 4.78 is 1.14. The molecule has 1 fully saturated rings. The van der Waals surface area contributed by atoms with Crippen LogP contribution >= 0.6 is 15.9 Å². The second-order valence-corrected chi connectivity index (χ2v) is 6.34. The fourth-order valence-corrected chi connectivity index (χ4v) is 3.10. The van der Waals surface area contributed by atoms with E-state index in [1.807, 2.05) is 0 Å². The highest BCUT2D eigenvalue weighted by Crippen LogP contribution is 2.24. The number of halogens is 1. The summed E-state index contributed by atoms with van der Waals surface area (Å²) in [7, 11) is 4.40. The van der Waals surface area contributed by atoms with Crippen molar-refractivity contribution >= 4 is 21.6 Å². The average molecular weight is 311 g/mol. The standard InChI is InChI=1S/C15H23BrN2/c1-18(2)15-7-5-3-4-6-14(15)17-13-10-8-12(16)9-11-13/h8-11,14-15,17H,3-7H2,1-2H3. The van der Waals surface area contributed by atoms with Crippen LogP contribution in [0.5, 0.6) is 0 Å². The fraction of sp³-hybridized carbons (Fsp3) is 0.600. The van der Waals surface area contributed by atoms with E-state index in [0.717, 1.165) is 4.47 Å². The lowest BCUT2D eigenvalue weighted by Gasteiger charge is -2.32. The van der Waals surface area contributed by atoms with E-state index in [-0.39, 0.29) is 0 Å². The molecule has 0 saturated heterocycles. The molecule has 2 unspecified atom stereocenters. The molecule has 0 radical (unpaired) electrons. The molecular formula is C15H23BrN2. The van der Waals surface area contributed by atoms with Crippen LogP contribution < -0.4 is 5.32 Å². The van der Waals surface area contributed by atoms with Crippen LogP contribution in [0, 0.1) is 0 Å². The van der Waals surface area contributed by atoms with Gasteiger partial charge in [-0.3, -0.25) is 0 Å². The predicted molar refractivity (Wildman–Crippen MR) is 82.1 cm³/mol. The normalized spacial score (nSPS) is 24.9. The molecule has 0 aliphatic heterocycles. The van der Waals surface area contributed by atoms with E-state index in [9.17, 15) is 0 Å². The van der Waals surface area contributed by atoms with Crippen LogP contribution in [0.25, 0.3) is 0 Å². The van der Waals surface area contributed by atoms with Crippen LogP contribution in [-0.4, -0.2) is 31.1 Å². The maximum absolute atomic E-state index is 3.72. The molecule has 1 N–H and O–H groups in total. The van der Waals surface area contributed by atoms with Crippen molar-refractivity contribution in [2.24, 2.45) is 0 Å². The average Bonchev–Trinajstić information content (AvgIpc) is 2.57. The molecule has 3 heteroatoms. The number of rotatable bonds is 3. The number of hydrogen-bond acceptors (Lipinski definition) is 2. The first-order valence-electron chi connectivity index (χ1n) is 6.85. The molecule has 2 nitrogen and oxygen atoms in total. The molecule has 100 valence electrons. The first kappa shape index (κ1) is 13.9. The van der Waals surface area contributed by atoms with E-state index in [1.165, 1.54) is 37.8 Å². The van der Waals surface area contributed by atoms with Gasteiger partial charge in [-0.1, -0.05) is 35.2 Å². The maximum atomic E-state index is 3.72. The summed E-state index contributed by atoms with van der Waals surface area (Å²) in [5.41, 5.74) is 1.23. The third-order valence-electron chi connectivity index (χ3n) is 3.84. The Morgan fingerprint density at radius 3 is 2.39 bits per heavy atom. The number of nitrogens with zero attached hydrogens (tertiary/aromatic N) is 1. The minimum atomic E-state index is 0.573. The zero-order valence-electron chi connectivity index (χ0n) is 11.3. The van der Waals surface area contributed by atoms with Gasteiger partial charge in [0, 0.05) is 22.2 Å². The van der Waals surface area contributed by atoms with E-state index < -0.39 is 0 Å². The summed E-state index contributed by atoms with van der Waals surface area (Å²) >= 11 is 3.48. The molecular weight excluding hydrogens is 288 g/mol. The Labute approximate surface area is 119 Å². The van der Waals surface area contributed by atoms with Crippen molar-refractivity contribution < 1.29 is 0 Å². The lowest BCUT2D eigenvalue weighted by atomic mass is 10.0. The van der Waals surface area contributed by atoms with Crippen LogP contribution in [0.15, 0.2) is 28.7 Å². The molecule has 1 aliphatic rings. The van der Waals surface area contributed by atoms with Crippen molar-refractivity contribution in [3.63, 3.8) is 0 Å². The van der Waals surface area contributed by atoms with Crippen LogP contribution in [0.2, 0.25) is 0 Å². The third kappa shape index (κ3) is 3.72. The van der Waals surface area contributed by atoms with Gasteiger partial charge in [-0.2, -0.15) is 0 Å². The fourth-order valence-electron chi connectivity index (χ4n) is 2.83. The first-order chi connectivity index (χ1) is 8.66. The Morgan fingerprint density at radius 2 is 1.72 bits per heavy atom. The summed E-state index contributed by atoms with van der Waals surface area (Å²) in [6, 6.07) is 9.73. The van der Waals surface area contributed by atoms with Gasteiger partial charge in [0.2, 0.25) is 0 Å². The van der Waals surface area contributed by atoms with Gasteiger partial charge in [0.15, 0.2) is 0 Å². The van der Waals surface area contributed by atoms with Crippen molar-refractivity contribution in [1.82, 2.24) is 4.90 Å². The zero-order chi connectivity index (χ0) is 13.0. The van der Waals surface area contributed by atoms with Crippen molar-refractivity contribution in [3.05, 3.63) is 28.7 Å². The van der Waals surface area contributed by atoms with Gasteiger partial charge in [-0.15, -0.1) is 0 Å². The van der Waals surface area contributed by atoms with E-state index in [4.69, 9.17) is 0 Å². The number of anilines is 1. The molecule has 2 atom stereocenters. The van der Waals surface area contributed by atoms with Crippen LogP contribution in [0.3, 0.4) is 0 Å². The van der Waals surface area contributed by atoms with Crippen LogP contribution in [0.1, 0.15) is 32.1 Å². The summed E-state index contributed by atoms with van der Waals surface area (Å²) in [6.07, 6.45) is 6.67. The third-order valence-corrected chi connectivity index (χ3v) is 4.37. The summed E-state index contributed by atoms with van der Waals surface area (Å²) in [5.74, 6) is 0. The van der Waals surface area contributed by atoms with Crippen LogP contribution in [0.4, 0.5) is 5.69 Å². The number of benzene rings is 1. The quantitative estimate of drug-likeness (QED) is 0.845. The molecule has 1 saturated carbocycles. The van der Waals surface area contributed by atoms with Crippen molar-refractivity contribution in [1.29, 1.82) is 0 Å². The Kier molecular flexibility index (Phi) is 5.07. The topological polar surface area (TPSA) is 15.3 Å². The van der Waals surface area contributed by atoms with Gasteiger partial charge in [-0.25, -0.2) is 0 Å². The Balaban J connectivity index is 2.06. The highest BCUT2D eigenvalue weighted by atomic mass is 79.9. The zero-order valence-corrected chi connectivity index (χ0v) is 12.9. The van der Waals surface area contributed by atoms with E-state index >= 15 is 0 Å². The SMILES string of the molecule is CN(C)C1CCCCCC1Nc1ccc(Br)cc1. The number of likely N-dealkylation sites (N-methyl/N-ethyl adjacent to an activating group) is 1. The molecule has 2 rings (SSSR count). The minimum Gasteiger partial charge on any atom is -0.381 e. The lowest BCUT2D eigenvalue weighted by Crippen LogP contribution is -2.42. The Morgan fingerprint density at radius 1 is 1.06 bits per heavy atom. The summed E-state index contributed by atoms with van der Waals surface area (Å²) in [4.78, 5) is 2.38. The molecule has 0 spiro atoms. The van der Waals surface area contributed by atoms with Gasteiger partial charge in [0.05, 0.1) is 0 Å². The van der Waals surface area contributed by atoms with E-state index in [1.54, 1.807) is 0 Å². The van der Waals surface area contributed by atoms with Gasteiger partial charge >= 0.3 is 0 Å². The Hall–Kier alpha value is -0.540.